The van der Waals surface area contributed by atoms with Gasteiger partial charge in [0.25, 0.3) is 0 Å². The zero-order valence-corrected chi connectivity index (χ0v) is 13.6. The summed E-state index contributed by atoms with van der Waals surface area (Å²) in [6.07, 6.45) is -3.41. The summed E-state index contributed by atoms with van der Waals surface area (Å²) in [7, 11) is 0. The van der Waals surface area contributed by atoms with Gasteiger partial charge in [-0.05, 0) is 17.7 Å². The van der Waals surface area contributed by atoms with Crippen molar-refractivity contribution in [2.75, 3.05) is 11.4 Å². The molecule has 2 aromatic heterocycles. The summed E-state index contributed by atoms with van der Waals surface area (Å²) in [6, 6.07) is 11.9. The minimum absolute atomic E-state index is 0.230. The van der Waals surface area contributed by atoms with Gasteiger partial charge in [0.05, 0.1) is 6.04 Å². The summed E-state index contributed by atoms with van der Waals surface area (Å²) >= 11 is 0. The van der Waals surface area contributed by atoms with E-state index < -0.39 is 12.1 Å². The van der Waals surface area contributed by atoms with Crippen LogP contribution in [0.4, 0.5) is 23.8 Å². The van der Waals surface area contributed by atoms with Crippen LogP contribution in [-0.2, 0) is 6.18 Å². The highest BCUT2D eigenvalue weighted by Gasteiger charge is 2.38. The lowest BCUT2D eigenvalue weighted by Crippen LogP contribution is -2.30. The van der Waals surface area contributed by atoms with Crippen LogP contribution in [0.15, 0.2) is 53.2 Å². The van der Waals surface area contributed by atoms with E-state index in [4.69, 9.17) is 0 Å². The molecule has 1 atom stereocenters. The second kappa shape index (κ2) is 6.38. The number of halogens is 3. The summed E-state index contributed by atoms with van der Waals surface area (Å²) in [4.78, 5) is 21.3. The Bertz CT molecular complexity index is 957. The van der Waals surface area contributed by atoms with Crippen LogP contribution in [0.25, 0.3) is 11.4 Å². The largest absolute Gasteiger partial charge is 0.471 e. The first-order chi connectivity index (χ1) is 12.9. The van der Waals surface area contributed by atoms with Crippen LogP contribution >= 0.6 is 0 Å². The number of carbonyl (C=O) groups is 1. The van der Waals surface area contributed by atoms with Gasteiger partial charge < -0.3 is 9.84 Å². The predicted molar refractivity (Wildman–Crippen MR) is 87.6 cm³/mol. The lowest BCUT2D eigenvalue weighted by atomic mass is 10.1. The van der Waals surface area contributed by atoms with E-state index in [1.165, 1.54) is 23.2 Å². The lowest BCUT2D eigenvalue weighted by Gasteiger charge is -2.22. The van der Waals surface area contributed by atoms with Crippen molar-refractivity contribution in [1.29, 1.82) is 0 Å². The molecule has 2 amide bonds. The Hall–Kier alpha value is -3.43. The van der Waals surface area contributed by atoms with Crippen molar-refractivity contribution in [3.05, 3.63) is 60.1 Å². The van der Waals surface area contributed by atoms with Crippen molar-refractivity contribution in [3.8, 4) is 11.4 Å². The molecule has 1 unspecified atom stereocenters. The highest BCUT2D eigenvalue weighted by molar-refractivity contribution is 5.94. The minimum Gasteiger partial charge on any atom is -0.335 e. The number of amides is 2. The van der Waals surface area contributed by atoms with Gasteiger partial charge in [0, 0.05) is 18.3 Å². The molecule has 1 fully saturated rings. The fourth-order valence-electron chi connectivity index (χ4n) is 2.82. The minimum atomic E-state index is -4.71. The number of urea groups is 1. The number of anilines is 1. The monoisotopic (exact) mass is 375 g/mol. The van der Waals surface area contributed by atoms with Crippen molar-refractivity contribution in [1.82, 2.24) is 20.4 Å². The van der Waals surface area contributed by atoms with Gasteiger partial charge >= 0.3 is 18.1 Å². The standard InChI is InChI=1S/C17H12F3N5O2/c18-17(19,20)15-23-14(24-27-15)11-6-7-13(21-8-11)25-12(9-22-16(25)26)10-4-2-1-3-5-10/h1-8,12H,9H2,(H,22,26). The number of carbonyl (C=O) groups excluding carboxylic acids is 1. The molecular formula is C17H12F3N5O2. The van der Waals surface area contributed by atoms with E-state index in [-0.39, 0.29) is 23.5 Å². The third-order valence-electron chi connectivity index (χ3n) is 4.08. The van der Waals surface area contributed by atoms with E-state index in [0.717, 1.165) is 5.56 Å². The molecule has 3 aromatic rings. The van der Waals surface area contributed by atoms with Crippen molar-refractivity contribution in [2.45, 2.75) is 12.2 Å². The second-order valence-corrected chi connectivity index (χ2v) is 5.81. The number of nitrogens with zero attached hydrogens (tertiary/aromatic N) is 4. The van der Waals surface area contributed by atoms with E-state index in [1.54, 1.807) is 0 Å². The number of benzene rings is 1. The van der Waals surface area contributed by atoms with Crippen LogP contribution < -0.4 is 10.2 Å². The zero-order chi connectivity index (χ0) is 19.0. The van der Waals surface area contributed by atoms with Crippen LogP contribution in [0.2, 0.25) is 0 Å². The molecule has 27 heavy (non-hydrogen) atoms. The molecular weight excluding hydrogens is 363 g/mol. The molecule has 138 valence electrons. The topological polar surface area (TPSA) is 84.2 Å². The summed E-state index contributed by atoms with van der Waals surface area (Å²) in [6.45, 7) is 0.423. The van der Waals surface area contributed by atoms with Gasteiger partial charge in [-0.1, -0.05) is 35.5 Å². The fraction of sp³-hybridized carbons (Fsp3) is 0.176. The van der Waals surface area contributed by atoms with Crippen LogP contribution in [0.3, 0.4) is 0 Å². The molecule has 0 spiro atoms. The molecule has 10 heteroatoms. The van der Waals surface area contributed by atoms with Crippen molar-refractivity contribution >= 4 is 11.8 Å². The average Bonchev–Trinajstić information content (AvgIpc) is 3.30. The first-order valence-electron chi connectivity index (χ1n) is 7.93. The fourth-order valence-corrected chi connectivity index (χ4v) is 2.82. The molecule has 0 radical (unpaired) electrons. The summed E-state index contributed by atoms with van der Waals surface area (Å²) in [5.74, 6) is -1.29. The Morgan fingerprint density at radius 3 is 2.56 bits per heavy atom. The van der Waals surface area contributed by atoms with Crippen molar-refractivity contribution in [3.63, 3.8) is 0 Å². The Labute approximate surface area is 150 Å². The number of nitrogens with one attached hydrogen (secondary N) is 1. The summed E-state index contributed by atoms with van der Waals surface area (Å²) in [5.41, 5.74) is 1.18. The molecule has 0 saturated carbocycles. The zero-order valence-electron chi connectivity index (χ0n) is 13.6. The number of alkyl halides is 3. The maximum atomic E-state index is 12.6. The van der Waals surface area contributed by atoms with Gasteiger partial charge in [-0.3, -0.25) is 4.90 Å². The first-order valence-corrected chi connectivity index (χ1v) is 7.93. The highest BCUT2D eigenvalue weighted by Crippen LogP contribution is 2.31. The van der Waals surface area contributed by atoms with Gasteiger partial charge in [0.15, 0.2) is 0 Å². The number of pyridine rings is 1. The highest BCUT2D eigenvalue weighted by atomic mass is 19.4. The maximum Gasteiger partial charge on any atom is 0.471 e. The quantitative estimate of drug-likeness (QED) is 0.758. The molecule has 1 saturated heterocycles. The first kappa shape index (κ1) is 17.0. The van der Waals surface area contributed by atoms with Crippen LogP contribution in [0.5, 0.6) is 0 Å². The Balaban J connectivity index is 1.61. The molecule has 1 N–H and O–H groups in total. The van der Waals surface area contributed by atoms with Gasteiger partial charge in [-0.25, -0.2) is 9.78 Å². The molecule has 1 aliphatic rings. The molecule has 3 heterocycles. The Kier molecular flexibility index (Phi) is 4.02. The van der Waals surface area contributed by atoms with Crippen LogP contribution in [0.1, 0.15) is 17.5 Å². The number of hydrogen-bond donors (Lipinski definition) is 1. The maximum absolute atomic E-state index is 12.6. The molecule has 1 aliphatic heterocycles. The number of aromatic nitrogens is 3. The third kappa shape index (κ3) is 3.21. The normalized spacial score (nSPS) is 17.2. The van der Waals surface area contributed by atoms with Gasteiger partial charge in [-0.15, -0.1) is 0 Å². The van der Waals surface area contributed by atoms with Crippen molar-refractivity contribution < 1.29 is 22.5 Å². The predicted octanol–water partition coefficient (Wildman–Crippen LogP) is 3.42. The second-order valence-electron chi connectivity index (χ2n) is 5.81. The Morgan fingerprint density at radius 1 is 1.15 bits per heavy atom. The van der Waals surface area contributed by atoms with Gasteiger partial charge in [-0.2, -0.15) is 18.2 Å². The van der Waals surface area contributed by atoms with E-state index in [0.29, 0.717) is 12.4 Å². The summed E-state index contributed by atoms with van der Waals surface area (Å²) < 4.78 is 41.9. The molecule has 1 aromatic carbocycles. The average molecular weight is 375 g/mol. The summed E-state index contributed by atoms with van der Waals surface area (Å²) in [5, 5.41) is 6.08. The third-order valence-corrected chi connectivity index (χ3v) is 4.08. The van der Waals surface area contributed by atoms with Crippen molar-refractivity contribution in [2.24, 2.45) is 0 Å². The van der Waals surface area contributed by atoms with E-state index >= 15 is 0 Å². The molecule has 0 bridgehead atoms. The van der Waals surface area contributed by atoms with E-state index in [2.05, 4.69) is 25.0 Å². The SMILES string of the molecule is O=C1NCC(c2ccccc2)N1c1ccc(-c2noc(C(F)(F)F)n2)cn1. The lowest BCUT2D eigenvalue weighted by molar-refractivity contribution is -0.159. The molecule has 7 nitrogen and oxygen atoms in total. The smallest absolute Gasteiger partial charge is 0.335 e. The van der Waals surface area contributed by atoms with Gasteiger partial charge in [0.2, 0.25) is 5.82 Å². The van der Waals surface area contributed by atoms with Crippen LogP contribution in [0, 0.1) is 0 Å². The number of rotatable bonds is 3. The van der Waals surface area contributed by atoms with Gasteiger partial charge in [0.1, 0.15) is 5.82 Å². The van der Waals surface area contributed by atoms with Crippen LogP contribution in [-0.4, -0.2) is 27.7 Å². The molecule has 4 rings (SSSR count). The van der Waals surface area contributed by atoms with E-state index in [1.807, 2.05) is 30.3 Å². The van der Waals surface area contributed by atoms with E-state index in [9.17, 15) is 18.0 Å². The number of hydrogen-bond acceptors (Lipinski definition) is 5. The molecule has 0 aliphatic carbocycles. The Morgan fingerprint density at radius 2 is 1.93 bits per heavy atom.